The molecule has 196 valence electrons. The quantitative estimate of drug-likeness (QED) is 0.194. The Kier molecular flexibility index (Phi) is 5.87. The summed E-state index contributed by atoms with van der Waals surface area (Å²) in [6.07, 6.45) is -0.473. The lowest BCUT2D eigenvalue weighted by molar-refractivity contribution is -0.143. The molecule has 6 rings (SSSR count). The molecule has 1 amide bonds. The Bertz CT molecular complexity index is 1850. The fraction of sp³-hybridized carbons (Fsp3) is 0.219. The molecule has 1 heterocycles. The van der Waals surface area contributed by atoms with Crippen LogP contribution in [0.3, 0.4) is 0 Å². The van der Waals surface area contributed by atoms with E-state index in [-0.39, 0.29) is 6.42 Å². The Labute approximate surface area is 225 Å². The van der Waals surface area contributed by atoms with E-state index >= 15 is 0 Å². The van der Waals surface area contributed by atoms with Crippen molar-refractivity contribution in [2.75, 3.05) is 7.11 Å². The second-order valence-corrected chi connectivity index (χ2v) is 10.7. The normalized spacial score (nSPS) is 12.8. The number of nitrogens with one attached hydrogen (secondary N) is 1. The number of carbonyl (C=O) groups is 2. The molecule has 1 aromatic heterocycles. The zero-order chi connectivity index (χ0) is 27.3. The van der Waals surface area contributed by atoms with Crippen molar-refractivity contribution in [3.05, 3.63) is 78.4 Å². The zero-order valence-corrected chi connectivity index (χ0v) is 22.2. The molecule has 0 aliphatic rings. The van der Waals surface area contributed by atoms with E-state index in [2.05, 4.69) is 53.8 Å². The molecular formula is C32H28N2O5. The number of oxazole rings is 1. The van der Waals surface area contributed by atoms with E-state index in [1.165, 1.54) is 34.0 Å². The molecule has 0 unspecified atom stereocenters. The molecule has 0 saturated heterocycles. The highest BCUT2D eigenvalue weighted by Gasteiger charge is 2.26. The van der Waals surface area contributed by atoms with Crippen molar-refractivity contribution in [2.45, 2.75) is 38.8 Å². The van der Waals surface area contributed by atoms with Gasteiger partial charge in [-0.3, -0.25) is 0 Å². The van der Waals surface area contributed by atoms with Gasteiger partial charge >= 0.3 is 12.1 Å². The van der Waals surface area contributed by atoms with Crippen molar-refractivity contribution in [1.29, 1.82) is 0 Å². The molecule has 0 aliphatic heterocycles. The second-order valence-electron chi connectivity index (χ2n) is 10.7. The van der Waals surface area contributed by atoms with Gasteiger partial charge in [0.2, 0.25) is 5.89 Å². The lowest BCUT2D eigenvalue weighted by Gasteiger charge is -2.22. The molecule has 0 spiro atoms. The summed E-state index contributed by atoms with van der Waals surface area (Å²) in [7, 11) is 1.29. The molecular weight excluding hydrogens is 492 g/mol. The lowest BCUT2D eigenvalue weighted by atomic mass is 9.92. The zero-order valence-electron chi connectivity index (χ0n) is 22.2. The predicted octanol–water partition coefficient (Wildman–Crippen LogP) is 7.00. The number of amides is 1. The van der Waals surface area contributed by atoms with Gasteiger partial charge in [0, 0.05) is 12.0 Å². The number of carbonyl (C=O) groups excluding carboxylic acids is 2. The van der Waals surface area contributed by atoms with Crippen LogP contribution < -0.4 is 5.32 Å². The Morgan fingerprint density at radius 1 is 0.923 bits per heavy atom. The Hall–Kier alpha value is -4.65. The van der Waals surface area contributed by atoms with Gasteiger partial charge in [-0.25, -0.2) is 14.6 Å². The molecule has 39 heavy (non-hydrogen) atoms. The summed E-state index contributed by atoms with van der Waals surface area (Å²) in [6, 6.07) is 23.7. The van der Waals surface area contributed by atoms with Gasteiger partial charge in [-0.15, -0.1) is 0 Å². The molecule has 0 aliphatic carbocycles. The van der Waals surface area contributed by atoms with Crippen molar-refractivity contribution in [3.63, 3.8) is 0 Å². The van der Waals surface area contributed by atoms with E-state index in [4.69, 9.17) is 18.9 Å². The first-order chi connectivity index (χ1) is 18.7. The smallest absolute Gasteiger partial charge is 0.408 e. The minimum atomic E-state index is -0.911. The van der Waals surface area contributed by atoms with Gasteiger partial charge in [-0.05, 0) is 76.9 Å². The highest BCUT2D eigenvalue weighted by Crippen LogP contribution is 2.39. The SMILES string of the molecule is COC(=O)[C@H](Cc1ccc2oc(-c3ccc4ccc5cccc6ccc3c4c56)nc2c1)NC(=O)OC(C)(C)C. The summed E-state index contributed by atoms with van der Waals surface area (Å²) in [4.78, 5) is 29.5. The van der Waals surface area contributed by atoms with Crippen molar-refractivity contribution in [2.24, 2.45) is 0 Å². The topological polar surface area (TPSA) is 90.7 Å². The van der Waals surface area contributed by atoms with E-state index in [0.717, 1.165) is 16.5 Å². The van der Waals surface area contributed by atoms with E-state index in [1.807, 2.05) is 24.3 Å². The Morgan fingerprint density at radius 3 is 2.33 bits per heavy atom. The van der Waals surface area contributed by atoms with E-state index in [1.54, 1.807) is 20.8 Å². The average molecular weight is 521 g/mol. The van der Waals surface area contributed by atoms with Crippen LogP contribution >= 0.6 is 0 Å². The van der Waals surface area contributed by atoms with Crippen LogP contribution in [0.2, 0.25) is 0 Å². The van der Waals surface area contributed by atoms with E-state index in [9.17, 15) is 9.59 Å². The number of esters is 1. The second kappa shape index (κ2) is 9.27. The standard InChI is InChI=1S/C32H28N2O5/c1-32(2,3)39-31(36)34-25(30(35)37-4)17-18-8-15-26-24(16-18)33-29(38-26)23-14-12-21-10-9-19-6-5-7-20-11-13-22(23)28(21)27(19)20/h5-16,25H,17H2,1-4H3,(H,34,36)/t25-/m0/s1. The molecule has 6 aromatic rings. The van der Waals surface area contributed by atoms with Crippen LogP contribution in [0.25, 0.3) is 54.9 Å². The molecule has 0 bridgehead atoms. The maximum Gasteiger partial charge on any atom is 0.408 e. The highest BCUT2D eigenvalue weighted by atomic mass is 16.6. The minimum absolute atomic E-state index is 0.211. The Morgan fingerprint density at radius 2 is 1.62 bits per heavy atom. The van der Waals surface area contributed by atoms with Gasteiger partial charge < -0.3 is 19.2 Å². The third-order valence-electron chi connectivity index (χ3n) is 6.83. The first-order valence-corrected chi connectivity index (χ1v) is 12.8. The molecule has 7 nitrogen and oxygen atoms in total. The van der Waals surface area contributed by atoms with Crippen molar-refractivity contribution < 1.29 is 23.5 Å². The number of fused-ring (bicyclic) bond motifs is 1. The van der Waals surface area contributed by atoms with E-state index < -0.39 is 23.7 Å². The summed E-state index contributed by atoms with van der Waals surface area (Å²) in [5.41, 5.74) is 2.32. The fourth-order valence-electron chi connectivity index (χ4n) is 5.16. The largest absolute Gasteiger partial charge is 0.467 e. The molecule has 7 heteroatoms. The highest BCUT2D eigenvalue weighted by molar-refractivity contribution is 6.25. The summed E-state index contributed by atoms with van der Waals surface area (Å²) in [6.45, 7) is 5.28. The van der Waals surface area contributed by atoms with Crippen LogP contribution in [0.5, 0.6) is 0 Å². The number of aromatic nitrogens is 1. The summed E-state index contributed by atoms with van der Waals surface area (Å²) >= 11 is 0. The number of rotatable bonds is 5. The van der Waals surface area contributed by atoms with Crippen LogP contribution in [-0.2, 0) is 20.7 Å². The number of methoxy groups -OCH3 is 1. The van der Waals surface area contributed by atoms with Crippen LogP contribution in [0.1, 0.15) is 26.3 Å². The maximum absolute atomic E-state index is 12.4. The molecule has 0 fully saturated rings. The first kappa shape index (κ1) is 24.7. The van der Waals surface area contributed by atoms with Gasteiger partial charge in [0.15, 0.2) is 5.58 Å². The predicted molar refractivity (Wildman–Crippen MR) is 152 cm³/mol. The molecule has 1 N–H and O–H groups in total. The summed E-state index contributed by atoms with van der Waals surface area (Å²) < 4.78 is 16.4. The van der Waals surface area contributed by atoms with Crippen LogP contribution in [-0.4, -0.2) is 35.8 Å². The van der Waals surface area contributed by atoms with Crippen LogP contribution in [0.15, 0.2) is 77.2 Å². The number of hydrogen-bond acceptors (Lipinski definition) is 6. The number of benzene rings is 5. The molecule has 5 aromatic carbocycles. The number of ether oxygens (including phenoxy) is 2. The molecule has 1 atom stereocenters. The summed E-state index contributed by atoms with van der Waals surface area (Å²) in [5.74, 6) is -0.0353. The maximum atomic E-state index is 12.4. The van der Waals surface area contributed by atoms with Crippen LogP contribution in [0, 0.1) is 0 Å². The van der Waals surface area contributed by atoms with Crippen molar-refractivity contribution >= 4 is 55.5 Å². The third kappa shape index (κ3) is 4.61. The van der Waals surface area contributed by atoms with Gasteiger partial charge in [-0.2, -0.15) is 0 Å². The van der Waals surface area contributed by atoms with E-state index in [0.29, 0.717) is 17.0 Å². The number of hydrogen-bond donors (Lipinski definition) is 1. The van der Waals surface area contributed by atoms with Crippen LogP contribution in [0.4, 0.5) is 4.79 Å². The molecule has 0 radical (unpaired) electrons. The lowest BCUT2D eigenvalue weighted by Crippen LogP contribution is -2.45. The monoisotopic (exact) mass is 520 g/mol. The number of nitrogens with zero attached hydrogens (tertiary/aromatic N) is 1. The van der Waals surface area contributed by atoms with Gasteiger partial charge in [0.05, 0.1) is 7.11 Å². The van der Waals surface area contributed by atoms with Crippen molar-refractivity contribution in [1.82, 2.24) is 10.3 Å². The van der Waals surface area contributed by atoms with Gasteiger partial charge in [0.1, 0.15) is 17.2 Å². The fourth-order valence-corrected chi connectivity index (χ4v) is 5.16. The van der Waals surface area contributed by atoms with Gasteiger partial charge in [-0.1, -0.05) is 54.6 Å². The third-order valence-corrected chi connectivity index (χ3v) is 6.83. The average Bonchev–Trinajstić information content (AvgIpc) is 3.33. The summed E-state index contributed by atoms with van der Waals surface area (Å²) in [5, 5.41) is 9.69. The van der Waals surface area contributed by atoms with Crippen molar-refractivity contribution in [3.8, 4) is 11.5 Å². The number of alkyl carbamates (subject to hydrolysis) is 1. The first-order valence-electron chi connectivity index (χ1n) is 12.8. The minimum Gasteiger partial charge on any atom is -0.467 e. The molecule has 0 saturated carbocycles. The Balaban J connectivity index is 1.35. The van der Waals surface area contributed by atoms with Gasteiger partial charge in [0.25, 0.3) is 0 Å².